The van der Waals surface area contributed by atoms with Crippen LogP contribution in [0.1, 0.15) is 23.8 Å². The first kappa shape index (κ1) is 9.68. The van der Waals surface area contributed by atoms with Crippen LogP contribution in [-0.2, 0) is 4.79 Å². The second-order valence-electron chi connectivity index (χ2n) is 3.67. The monoisotopic (exact) mass is 210 g/mol. The second-order valence-corrected chi connectivity index (χ2v) is 4.65. The highest BCUT2D eigenvalue weighted by Crippen LogP contribution is 2.31. The van der Waals surface area contributed by atoms with E-state index in [-0.39, 0.29) is 18.0 Å². The summed E-state index contributed by atoms with van der Waals surface area (Å²) in [5.74, 6) is 0.199. The van der Waals surface area contributed by atoms with Gasteiger partial charge in [-0.05, 0) is 17.9 Å². The van der Waals surface area contributed by atoms with Gasteiger partial charge in [0.25, 0.3) is 0 Å². The molecule has 1 saturated heterocycles. The van der Waals surface area contributed by atoms with Crippen molar-refractivity contribution >= 4 is 17.2 Å². The van der Waals surface area contributed by atoms with Crippen LogP contribution in [0.3, 0.4) is 0 Å². The zero-order chi connectivity index (χ0) is 10.1. The van der Waals surface area contributed by atoms with Crippen LogP contribution in [0, 0.1) is 0 Å². The lowest BCUT2D eigenvalue weighted by Gasteiger charge is -2.36. The molecule has 0 unspecified atom stereocenters. The van der Waals surface area contributed by atoms with Crippen molar-refractivity contribution in [2.45, 2.75) is 24.9 Å². The molecule has 1 aromatic rings. The molecule has 2 atom stereocenters. The summed E-state index contributed by atoms with van der Waals surface area (Å²) in [6.07, 6.45) is 1.38. The van der Waals surface area contributed by atoms with Gasteiger partial charge in [-0.1, -0.05) is 6.07 Å². The molecule has 2 rings (SSSR count). The predicted octanol–water partition coefficient (Wildman–Crippen LogP) is 1.37. The Bertz CT molecular complexity index is 323. The highest BCUT2D eigenvalue weighted by molar-refractivity contribution is 7.10. The fourth-order valence-electron chi connectivity index (χ4n) is 1.93. The van der Waals surface area contributed by atoms with Crippen molar-refractivity contribution in [3.63, 3.8) is 0 Å². The Kier molecular flexibility index (Phi) is 2.56. The molecule has 1 aliphatic heterocycles. The van der Waals surface area contributed by atoms with E-state index in [0.29, 0.717) is 6.42 Å². The predicted molar refractivity (Wildman–Crippen MR) is 57.0 cm³/mol. The molecule has 1 aliphatic rings. The third kappa shape index (κ3) is 1.55. The standard InChI is InChI=1S/C10H14N2OS/c1-12-9(13)5-4-7(11)10(12)8-3-2-6-14-8/h2-3,6-7,10H,4-5,11H2,1H3/t7-,10+/m1/s1. The van der Waals surface area contributed by atoms with Gasteiger partial charge in [-0.25, -0.2) is 0 Å². The number of nitrogens with zero attached hydrogens (tertiary/aromatic N) is 1. The number of likely N-dealkylation sites (tertiary alicyclic amines) is 1. The van der Waals surface area contributed by atoms with E-state index >= 15 is 0 Å². The first-order valence-electron chi connectivity index (χ1n) is 4.75. The van der Waals surface area contributed by atoms with E-state index < -0.39 is 0 Å². The molecule has 0 aliphatic carbocycles. The Morgan fingerprint density at radius 3 is 3.07 bits per heavy atom. The van der Waals surface area contributed by atoms with E-state index in [2.05, 4.69) is 0 Å². The van der Waals surface area contributed by atoms with Crippen LogP contribution in [0.4, 0.5) is 0 Å². The van der Waals surface area contributed by atoms with E-state index in [4.69, 9.17) is 5.73 Å². The number of carbonyl (C=O) groups is 1. The highest BCUT2D eigenvalue weighted by atomic mass is 32.1. The molecule has 0 spiro atoms. The summed E-state index contributed by atoms with van der Waals surface area (Å²) in [6.45, 7) is 0. The Balaban J connectivity index is 2.26. The second kappa shape index (κ2) is 3.71. The minimum Gasteiger partial charge on any atom is -0.336 e. The summed E-state index contributed by atoms with van der Waals surface area (Å²) in [5.41, 5.74) is 6.04. The maximum Gasteiger partial charge on any atom is 0.222 e. The van der Waals surface area contributed by atoms with Crippen LogP contribution in [0.25, 0.3) is 0 Å². The van der Waals surface area contributed by atoms with Crippen molar-refractivity contribution in [2.75, 3.05) is 7.05 Å². The molecule has 1 aromatic heterocycles. The lowest BCUT2D eigenvalue weighted by molar-refractivity contribution is -0.135. The largest absolute Gasteiger partial charge is 0.336 e. The molecule has 0 aromatic carbocycles. The number of hydrogen-bond acceptors (Lipinski definition) is 3. The van der Waals surface area contributed by atoms with Gasteiger partial charge in [0, 0.05) is 24.4 Å². The van der Waals surface area contributed by atoms with Gasteiger partial charge >= 0.3 is 0 Å². The maximum absolute atomic E-state index is 11.5. The Labute approximate surface area is 87.5 Å². The molecule has 0 radical (unpaired) electrons. The van der Waals surface area contributed by atoms with Crippen LogP contribution in [0.15, 0.2) is 17.5 Å². The van der Waals surface area contributed by atoms with Gasteiger partial charge in [0.05, 0.1) is 6.04 Å². The average molecular weight is 210 g/mol. The summed E-state index contributed by atoms with van der Waals surface area (Å²) in [6, 6.07) is 4.21. The smallest absolute Gasteiger partial charge is 0.222 e. The van der Waals surface area contributed by atoms with Crippen LogP contribution >= 0.6 is 11.3 Å². The third-order valence-electron chi connectivity index (χ3n) is 2.74. The summed E-state index contributed by atoms with van der Waals surface area (Å²) in [5, 5.41) is 2.02. The fourth-order valence-corrected chi connectivity index (χ4v) is 2.87. The molecule has 14 heavy (non-hydrogen) atoms. The van der Waals surface area contributed by atoms with E-state index in [9.17, 15) is 4.79 Å². The lowest BCUT2D eigenvalue weighted by Crippen LogP contribution is -2.46. The van der Waals surface area contributed by atoms with Crippen molar-refractivity contribution < 1.29 is 4.79 Å². The number of amides is 1. The molecule has 1 amide bonds. The molecular formula is C10H14N2OS. The molecule has 2 heterocycles. The summed E-state index contributed by atoms with van der Waals surface area (Å²) >= 11 is 1.67. The van der Waals surface area contributed by atoms with Gasteiger partial charge < -0.3 is 10.6 Å². The zero-order valence-electron chi connectivity index (χ0n) is 8.14. The minimum atomic E-state index is 0.0799. The van der Waals surface area contributed by atoms with E-state index in [0.717, 1.165) is 6.42 Å². The number of carbonyl (C=O) groups excluding carboxylic acids is 1. The molecule has 0 saturated carbocycles. The van der Waals surface area contributed by atoms with Crippen LogP contribution in [0.5, 0.6) is 0 Å². The van der Waals surface area contributed by atoms with Gasteiger partial charge in [-0.15, -0.1) is 11.3 Å². The molecule has 0 bridgehead atoms. The van der Waals surface area contributed by atoms with Crippen molar-refractivity contribution in [1.29, 1.82) is 0 Å². The number of rotatable bonds is 1. The van der Waals surface area contributed by atoms with Crippen molar-refractivity contribution in [1.82, 2.24) is 4.90 Å². The van der Waals surface area contributed by atoms with Gasteiger partial charge in [0.1, 0.15) is 0 Å². The van der Waals surface area contributed by atoms with Crippen LogP contribution in [0.2, 0.25) is 0 Å². The normalized spacial score (nSPS) is 28.1. The SMILES string of the molecule is CN1C(=O)CC[C@@H](N)[C@H]1c1cccs1. The molecule has 4 heteroatoms. The summed E-state index contributed by atoms with van der Waals surface area (Å²) in [7, 11) is 1.84. The highest BCUT2D eigenvalue weighted by Gasteiger charge is 2.32. The summed E-state index contributed by atoms with van der Waals surface area (Å²) < 4.78 is 0. The van der Waals surface area contributed by atoms with Gasteiger partial charge in [0.15, 0.2) is 0 Å². The molecule has 1 fully saturated rings. The molecule has 2 N–H and O–H groups in total. The molecular weight excluding hydrogens is 196 g/mol. The first-order chi connectivity index (χ1) is 6.70. The minimum absolute atomic E-state index is 0.0799. The van der Waals surface area contributed by atoms with E-state index in [1.807, 2.05) is 24.6 Å². The van der Waals surface area contributed by atoms with Crippen LogP contribution in [-0.4, -0.2) is 23.9 Å². The Morgan fingerprint density at radius 1 is 1.64 bits per heavy atom. The van der Waals surface area contributed by atoms with Gasteiger partial charge in [0.2, 0.25) is 5.91 Å². The van der Waals surface area contributed by atoms with Crippen molar-refractivity contribution in [2.24, 2.45) is 5.73 Å². The number of likely N-dealkylation sites (N-methyl/N-ethyl adjacent to an activating group) is 1. The summed E-state index contributed by atoms with van der Waals surface area (Å²) in [4.78, 5) is 14.5. The maximum atomic E-state index is 11.5. The number of thiophene rings is 1. The van der Waals surface area contributed by atoms with Gasteiger partial charge in [-0.3, -0.25) is 4.79 Å². The van der Waals surface area contributed by atoms with Crippen molar-refractivity contribution in [3.05, 3.63) is 22.4 Å². The number of hydrogen-bond donors (Lipinski definition) is 1. The van der Waals surface area contributed by atoms with Crippen molar-refractivity contribution in [3.8, 4) is 0 Å². The Morgan fingerprint density at radius 2 is 2.43 bits per heavy atom. The topological polar surface area (TPSA) is 46.3 Å². The van der Waals surface area contributed by atoms with E-state index in [1.165, 1.54) is 4.88 Å². The first-order valence-corrected chi connectivity index (χ1v) is 5.63. The quantitative estimate of drug-likeness (QED) is 0.761. The fraction of sp³-hybridized carbons (Fsp3) is 0.500. The average Bonchev–Trinajstić information content (AvgIpc) is 2.65. The van der Waals surface area contributed by atoms with E-state index in [1.54, 1.807) is 16.2 Å². The zero-order valence-corrected chi connectivity index (χ0v) is 8.96. The third-order valence-corrected chi connectivity index (χ3v) is 3.69. The van der Waals surface area contributed by atoms with Crippen LogP contribution < -0.4 is 5.73 Å². The number of nitrogens with two attached hydrogens (primary N) is 1. The lowest BCUT2D eigenvalue weighted by atomic mass is 9.96. The van der Waals surface area contributed by atoms with Gasteiger partial charge in [-0.2, -0.15) is 0 Å². The molecule has 3 nitrogen and oxygen atoms in total. The Hall–Kier alpha value is -0.870. The molecule has 76 valence electrons. The number of piperidine rings is 1.